The van der Waals surface area contributed by atoms with E-state index in [1.807, 2.05) is 41.5 Å². The van der Waals surface area contributed by atoms with Crippen molar-refractivity contribution < 1.29 is 19.1 Å². The maximum absolute atomic E-state index is 13.0. The van der Waals surface area contributed by atoms with Crippen LogP contribution in [0.5, 0.6) is 5.75 Å². The molecule has 0 aliphatic carbocycles. The summed E-state index contributed by atoms with van der Waals surface area (Å²) in [6, 6.07) is 7.73. The Bertz CT molecular complexity index is 1070. The summed E-state index contributed by atoms with van der Waals surface area (Å²) in [7, 11) is 5.15. The van der Waals surface area contributed by atoms with Gasteiger partial charge in [-0.2, -0.15) is 0 Å². The van der Waals surface area contributed by atoms with E-state index >= 15 is 0 Å². The number of thioether (sulfide) groups is 1. The van der Waals surface area contributed by atoms with Crippen molar-refractivity contribution in [1.29, 1.82) is 0 Å². The predicted molar refractivity (Wildman–Crippen MR) is 138 cm³/mol. The van der Waals surface area contributed by atoms with E-state index in [0.29, 0.717) is 36.0 Å². The van der Waals surface area contributed by atoms with Crippen molar-refractivity contribution in [3.05, 3.63) is 52.2 Å². The number of hydrogen-bond donors (Lipinski definition) is 1. The quantitative estimate of drug-likeness (QED) is 0.518. The molecule has 8 nitrogen and oxygen atoms in total. The molecule has 3 aliphatic rings. The Morgan fingerprint density at radius 2 is 2.11 bits per heavy atom. The Hall–Kier alpha value is -2.78. The summed E-state index contributed by atoms with van der Waals surface area (Å²) < 4.78 is 10.6. The van der Waals surface area contributed by atoms with Gasteiger partial charge in [0.2, 0.25) is 5.91 Å². The summed E-state index contributed by atoms with van der Waals surface area (Å²) >= 11 is 1.48. The summed E-state index contributed by atoms with van der Waals surface area (Å²) in [6.45, 7) is 3.76. The van der Waals surface area contributed by atoms with Crippen molar-refractivity contribution in [2.75, 3.05) is 34.4 Å². The Morgan fingerprint density at radius 3 is 2.80 bits per heavy atom. The lowest BCUT2D eigenvalue weighted by Crippen LogP contribution is -2.38. The molecule has 0 saturated carbocycles. The van der Waals surface area contributed by atoms with Gasteiger partial charge in [-0.25, -0.2) is 9.79 Å². The zero-order chi connectivity index (χ0) is 24.9. The molecule has 1 amide bonds. The van der Waals surface area contributed by atoms with Gasteiger partial charge in [0.15, 0.2) is 5.17 Å². The first kappa shape index (κ1) is 25.3. The minimum absolute atomic E-state index is 0.0342. The van der Waals surface area contributed by atoms with Crippen molar-refractivity contribution in [3.8, 4) is 5.75 Å². The molecule has 1 aromatic rings. The highest BCUT2D eigenvalue weighted by molar-refractivity contribution is 8.16. The number of likely N-dealkylation sites (tertiary alicyclic amines) is 1. The fourth-order valence-corrected chi connectivity index (χ4v) is 5.93. The molecule has 3 aliphatic heterocycles. The normalized spacial score (nSPS) is 22.0. The van der Waals surface area contributed by atoms with Crippen LogP contribution in [0.25, 0.3) is 0 Å². The first-order chi connectivity index (χ1) is 17.0. The van der Waals surface area contributed by atoms with Crippen molar-refractivity contribution in [1.82, 2.24) is 15.1 Å². The molecule has 1 fully saturated rings. The van der Waals surface area contributed by atoms with Gasteiger partial charge in [0.1, 0.15) is 5.75 Å². The molecular formula is C26H34N4O4S. The topological polar surface area (TPSA) is 83.5 Å². The smallest absolute Gasteiger partial charge is 0.338 e. The number of rotatable bonds is 9. The third-order valence-electron chi connectivity index (χ3n) is 6.85. The number of carbonyl (C=O) groups is 2. The van der Waals surface area contributed by atoms with Crippen LogP contribution in [0.3, 0.4) is 0 Å². The maximum Gasteiger partial charge on any atom is 0.338 e. The third-order valence-corrected chi connectivity index (χ3v) is 7.74. The molecule has 9 heteroatoms. The van der Waals surface area contributed by atoms with Gasteiger partial charge in [-0.3, -0.25) is 4.79 Å². The third kappa shape index (κ3) is 5.41. The molecule has 1 saturated heterocycles. The lowest BCUT2D eigenvalue weighted by molar-refractivity contribution is -0.136. The van der Waals surface area contributed by atoms with Crippen molar-refractivity contribution in [2.24, 2.45) is 4.99 Å². The number of nitrogens with one attached hydrogen (secondary N) is 1. The first-order valence-corrected chi connectivity index (χ1v) is 13.0. The number of allylic oxidation sites excluding steroid dienone is 1. The average molecular weight is 499 g/mol. The number of fused-ring (bicyclic) bond motifs is 1. The lowest BCUT2D eigenvalue weighted by Gasteiger charge is -2.36. The van der Waals surface area contributed by atoms with Crippen LogP contribution in [0.1, 0.15) is 50.6 Å². The Balaban J connectivity index is 1.56. The average Bonchev–Trinajstić information content (AvgIpc) is 3.47. The summed E-state index contributed by atoms with van der Waals surface area (Å²) in [5, 5.41) is 5.81. The van der Waals surface area contributed by atoms with E-state index < -0.39 is 12.0 Å². The van der Waals surface area contributed by atoms with E-state index in [0.717, 1.165) is 29.4 Å². The van der Waals surface area contributed by atoms with Crippen LogP contribution < -0.4 is 10.1 Å². The van der Waals surface area contributed by atoms with Crippen LogP contribution in [0.15, 0.2) is 51.6 Å². The highest BCUT2D eigenvalue weighted by atomic mass is 32.2. The molecule has 35 heavy (non-hydrogen) atoms. The molecule has 0 bridgehead atoms. The van der Waals surface area contributed by atoms with Gasteiger partial charge < -0.3 is 24.6 Å². The summed E-state index contributed by atoms with van der Waals surface area (Å²) in [6.07, 6.45) is 4.16. The molecule has 2 atom stereocenters. The molecule has 1 N–H and O–H groups in total. The fraction of sp³-hybridized carbons (Fsp3) is 0.500. The summed E-state index contributed by atoms with van der Waals surface area (Å²) in [5.41, 5.74) is 2.88. The number of amidine groups is 1. The van der Waals surface area contributed by atoms with Crippen LogP contribution in [-0.4, -0.2) is 67.2 Å². The molecule has 1 aromatic carbocycles. The van der Waals surface area contributed by atoms with Gasteiger partial charge in [0, 0.05) is 18.3 Å². The highest BCUT2D eigenvalue weighted by Gasteiger charge is 2.41. The van der Waals surface area contributed by atoms with E-state index in [-0.39, 0.29) is 12.3 Å². The monoisotopic (exact) mass is 498 g/mol. The Labute approximate surface area is 211 Å². The van der Waals surface area contributed by atoms with Crippen LogP contribution in [-0.2, 0) is 14.3 Å². The highest BCUT2D eigenvalue weighted by Crippen LogP contribution is 2.45. The van der Waals surface area contributed by atoms with Crippen LogP contribution in [0.2, 0.25) is 0 Å². The standard InChI is InChI=1S/C26H34N4O4S/c1-5-21-23(25(32)34-4)24(17-8-6-10-20(14-17)33-3)30-19(16-35-26(30)28-21)15-22(31)27-12-11-18-9-7-13-29(18)2/h6,8,10,14,16,18,24H,5,7,9,11-13,15H2,1-4H3,(H,27,31)/t18-,24+/m0/s1. The number of nitrogens with zero attached hydrogens (tertiary/aromatic N) is 3. The number of methoxy groups -OCH3 is 2. The molecule has 0 aromatic heterocycles. The lowest BCUT2D eigenvalue weighted by atomic mass is 9.92. The van der Waals surface area contributed by atoms with Gasteiger partial charge in [-0.15, -0.1) is 0 Å². The molecule has 0 radical (unpaired) electrons. The number of hydrogen-bond acceptors (Lipinski definition) is 8. The zero-order valence-electron chi connectivity index (χ0n) is 20.9. The zero-order valence-corrected chi connectivity index (χ0v) is 21.7. The van der Waals surface area contributed by atoms with Crippen LogP contribution >= 0.6 is 11.8 Å². The Morgan fingerprint density at radius 1 is 1.29 bits per heavy atom. The summed E-state index contributed by atoms with van der Waals surface area (Å²) in [4.78, 5) is 35.0. The molecule has 188 valence electrons. The SMILES string of the molecule is CCC1=C(C(=O)OC)[C@@H](c2cccc(OC)c2)N2C(CC(=O)NCC[C@@H]3CCCN3C)=CSC2=N1. The molecule has 0 unspecified atom stereocenters. The number of esters is 1. The minimum atomic E-state index is -0.457. The van der Waals surface area contributed by atoms with Gasteiger partial charge in [0.25, 0.3) is 0 Å². The molecule has 4 rings (SSSR count). The van der Waals surface area contributed by atoms with Gasteiger partial charge in [-0.05, 0) is 62.4 Å². The number of ether oxygens (including phenoxy) is 2. The largest absolute Gasteiger partial charge is 0.497 e. The minimum Gasteiger partial charge on any atom is -0.497 e. The molecule has 0 spiro atoms. The van der Waals surface area contributed by atoms with Gasteiger partial charge in [0.05, 0.1) is 38.0 Å². The van der Waals surface area contributed by atoms with Crippen LogP contribution in [0.4, 0.5) is 0 Å². The molecular weight excluding hydrogens is 464 g/mol. The maximum atomic E-state index is 13.0. The van der Waals surface area contributed by atoms with Gasteiger partial charge >= 0.3 is 5.97 Å². The van der Waals surface area contributed by atoms with E-state index in [9.17, 15) is 9.59 Å². The number of amides is 1. The predicted octanol–water partition coefficient (Wildman–Crippen LogP) is 3.82. The van der Waals surface area contributed by atoms with Crippen molar-refractivity contribution in [3.63, 3.8) is 0 Å². The number of carbonyl (C=O) groups excluding carboxylic acids is 2. The van der Waals surface area contributed by atoms with Crippen LogP contribution in [0, 0.1) is 0 Å². The van der Waals surface area contributed by atoms with Crippen molar-refractivity contribution >= 4 is 28.8 Å². The fourth-order valence-electron chi connectivity index (χ4n) is 4.99. The second kappa shape index (κ2) is 11.3. The summed E-state index contributed by atoms with van der Waals surface area (Å²) in [5.74, 6) is 0.243. The number of benzene rings is 1. The molecule has 3 heterocycles. The van der Waals surface area contributed by atoms with E-state index in [1.54, 1.807) is 7.11 Å². The number of aliphatic imine (C=N–C) groups is 1. The second-order valence-electron chi connectivity index (χ2n) is 8.97. The van der Waals surface area contributed by atoms with Gasteiger partial charge in [-0.1, -0.05) is 30.8 Å². The van der Waals surface area contributed by atoms with E-state index in [1.165, 1.54) is 31.7 Å². The first-order valence-electron chi connectivity index (χ1n) is 12.1. The van der Waals surface area contributed by atoms with E-state index in [2.05, 4.69) is 17.3 Å². The Kier molecular flexibility index (Phi) is 8.18. The second-order valence-corrected chi connectivity index (χ2v) is 9.80. The van der Waals surface area contributed by atoms with E-state index in [4.69, 9.17) is 14.5 Å². The van der Waals surface area contributed by atoms with Crippen molar-refractivity contribution in [2.45, 2.75) is 51.1 Å².